The molecule has 0 atom stereocenters. The second-order valence-electron chi connectivity index (χ2n) is 13.6. The molecule has 1 N–H and O–H groups in total. The van der Waals surface area contributed by atoms with E-state index >= 15 is 0 Å². The Morgan fingerprint density at radius 1 is 0.891 bits per heavy atom. The highest BCUT2D eigenvalue weighted by Gasteiger charge is 2.34. The Balaban J connectivity index is 1.62. The molecule has 3 aromatic carbocycles. The number of aromatic nitrogens is 2. The van der Waals surface area contributed by atoms with Crippen molar-refractivity contribution in [3.05, 3.63) is 107 Å². The number of Topliss-reactive ketones (excluding diaryl/α,β-unsaturated/α-hetero) is 1. The molecule has 5 aromatic rings. The largest absolute Gasteiger partial charge is 0.487 e. The summed E-state index contributed by atoms with van der Waals surface area (Å²) in [6.45, 7) is 9.39. The number of nitrogens with zero attached hydrogens (tertiary/aromatic N) is 2. The molecule has 0 unspecified atom stereocenters. The minimum Gasteiger partial charge on any atom is -0.487 e. The molecule has 9 heteroatoms. The summed E-state index contributed by atoms with van der Waals surface area (Å²) in [5, 5.41) is 11.7. The molecule has 0 saturated heterocycles. The lowest BCUT2D eigenvalue weighted by molar-refractivity contribution is -0.146. The first-order valence-corrected chi connectivity index (χ1v) is 15.1. The van der Waals surface area contributed by atoms with Gasteiger partial charge in [0.15, 0.2) is 5.78 Å². The van der Waals surface area contributed by atoms with Crippen molar-refractivity contribution >= 4 is 33.6 Å². The zero-order valence-electron chi connectivity index (χ0n) is 26.5. The zero-order valence-corrected chi connectivity index (χ0v) is 26.5. The van der Waals surface area contributed by atoms with Crippen LogP contribution < -0.4 is 4.74 Å². The second-order valence-corrected chi connectivity index (χ2v) is 13.6. The van der Waals surface area contributed by atoms with Crippen molar-refractivity contribution in [1.29, 1.82) is 0 Å². The lowest BCUT2D eigenvalue weighted by Gasteiger charge is -2.23. The number of carboxylic acid groups (broad SMARTS) is 1. The maximum atomic E-state index is 14.1. The molecule has 0 aliphatic heterocycles. The van der Waals surface area contributed by atoms with Crippen LogP contribution in [0.3, 0.4) is 0 Å². The number of ether oxygens (including phenoxy) is 1. The molecule has 2 aromatic heterocycles. The maximum absolute atomic E-state index is 14.1. The lowest BCUT2D eigenvalue weighted by Crippen LogP contribution is -2.28. The first-order chi connectivity index (χ1) is 21.5. The van der Waals surface area contributed by atoms with Crippen LogP contribution in [-0.2, 0) is 30.5 Å². The molecule has 6 nitrogen and oxygen atoms in total. The summed E-state index contributed by atoms with van der Waals surface area (Å²) in [6, 6.07) is 21.9. The van der Waals surface area contributed by atoms with Gasteiger partial charge in [-0.15, -0.1) is 0 Å². The van der Waals surface area contributed by atoms with Crippen LogP contribution in [0.1, 0.15) is 73.9 Å². The number of halogens is 3. The number of pyridine rings is 1. The SMILES string of the molecule is CC(C)(C)CC(=O)c1c(CC(C)(C)C(=O)O)n(Cc2ccc(C(F)(F)F)cc2)c2ccc(OCc3ccc4ccccc4n3)cc12. The third kappa shape index (κ3) is 7.25. The van der Waals surface area contributed by atoms with Gasteiger partial charge in [0.1, 0.15) is 12.4 Å². The fourth-order valence-corrected chi connectivity index (χ4v) is 5.54. The first kappa shape index (κ1) is 32.7. The molecule has 0 saturated carbocycles. The molecule has 0 aliphatic carbocycles. The molecule has 2 heterocycles. The fourth-order valence-electron chi connectivity index (χ4n) is 5.54. The van der Waals surface area contributed by atoms with Gasteiger partial charge in [0.05, 0.1) is 22.2 Å². The van der Waals surface area contributed by atoms with E-state index in [0.717, 1.165) is 28.7 Å². The summed E-state index contributed by atoms with van der Waals surface area (Å²) >= 11 is 0. The van der Waals surface area contributed by atoms with Crippen LogP contribution >= 0.6 is 0 Å². The molecular formula is C37H37F3N2O4. The van der Waals surface area contributed by atoms with Gasteiger partial charge in [0.2, 0.25) is 0 Å². The molecule has 0 spiro atoms. The molecule has 5 rings (SSSR count). The van der Waals surface area contributed by atoms with E-state index in [-0.39, 0.29) is 37.2 Å². The van der Waals surface area contributed by atoms with Gasteiger partial charge in [0, 0.05) is 46.9 Å². The number of hydrogen-bond donors (Lipinski definition) is 1. The van der Waals surface area contributed by atoms with E-state index < -0.39 is 23.1 Å². The predicted molar refractivity (Wildman–Crippen MR) is 172 cm³/mol. The molecular weight excluding hydrogens is 593 g/mol. The number of aliphatic carboxylic acids is 1. The number of fused-ring (bicyclic) bond motifs is 2. The van der Waals surface area contributed by atoms with Gasteiger partial charge in [-0.2, -0.15) is 13.2 Å². The van der Waals surface area contributed by atoms with Crippen molar-refractivity contribution in [2.24, 2.45) is 10.8 Å². The lowest BCUT2D eigenvalue weighted by atomic mass is 9.83. The molecule has 0 aliphatic rings. The van der Waals surface area contributed by atoms with Crippen LogP contribution in [0.5, 0.6) is 5.75 Å². The van der Waals surface area contributed by atoms with Gasteiger partial charge >= 0.3 is 12.1 Å². The number of benzene rings is 3. The summed E-state index contributed by atoms with van der Waals surface area (Å²) in [6.07, 6.45) is -4.24. The smallest absolute Gasteiger partial charge is 0.416 e. The third-order valence-electron chi connectivity index (χ3n) is 7.97. The highest BCUT2D eigenvalue weighted by molar-refractivity contribution is 6.10. The van der Waals surface area contributed by atoms with E-state index in [2.05, 4.69) is 4.98 Å². The van der Waals surface area contributed by atoms with E-state index in [1.54, 1.807) is 26.0 Å². The van der Waals surface area contributed by atoms with Crippen LogP contribution in [0.25, 0.3) is 21.8 Å². The van der Waals surface area contributed by atoms with E-state index in [1.807, 2.05) is 67.8 Å². The van der Waals surface area contributed by atoms with Crippen LogP contribution in [0.15, 0.2) is 78.9 Å². The number of hydrogen-bond acceptors (Lipinski definition) is 4. The van der Waals surface area contributed by atoms with E-state index in [1.165, 1.54) is 12.1 Å². The van der Waals surface area contributed by atoms with Gasteiger partial charge in [0.25, 0.3) is 0 Å². The number of carboxylic acids is 1. The van der Waals surface area contributed by atoms with Crippen molar-refractivity contribution in [2.75, 3.05) is 0 Å². The Bertz CT molecular complexity index is 1920. The molecule has 240 valence electrons. The van der Waals surface area contributed by atoms with Crippen molar-refractivity contribution in [2.45, 2.75) is 66.8 Å². The van der Waals surface area contributed by atoms with Gasteiger partial charge in [-0.3, -0.25) is 9.59 Å². The van der Waals surface area contributed by atoms with Crippen LogP contribution in [-0.4, -0.2) is 26.4 Å². The first-order valence-electron chi connectivity index (χ1n) is 15.1. The minimum absolute atomic E-state index is 0.0278. The Kier molecular flexibility index (Phi) is 8.73. The van der Waals surface area contributed by atoms with Gasteiger partial charge in [-0.25, -0.2) is 4.98 Å². The monoisotopic (exact) mass is 630 g/mol. The maximum Gasteiger partial charge on any atom is 0.416 e. The summed E-state index contributed by atoms with van der Waals surface area (Å²) < 4.78 is 47.8. The van der Waals surface area contributed by atoms with Crippen molar-refractivity contribution < 1.29 is 32.6 Å². The summed E-state index contributed by atoms with van der Waals surface area (Å²) in [5.74, 6) is -0.670. The van der Waals surface area contributed by atoms with Crippen LogP contribution in [0.4, 0.5) is 13.2 Å². The Hall–Kier alpha value is -4.66. The van der Waals surface area contributed by atoms with Crippen LogP contribution in [0, 0.1) is 10.8 Å². The topological polar surface area (TPSA) is 81.4 Å². The number of rotatable bonds is 10. The second kappa shape index (κ2) is 12.3. The number of carbonyl (C=O) groups excluding carboxylic acids is 1. The number of ketones is 1. The third-order valence-corrected chi connectivity index (χ3v) is 7.97. The number of alkyl halides is 3. The van der Waals surface area contributed by atoms with Crippen molar-refractivity contribution in [1.82, 2.24) is 9.55 Å². The summed E-state index contributed by atoms with van der Waals surface area (Å²) in [5.41, 5.74) is 1.39. The number of para-hydroxylation sites is 1. The van der Waals surface area contributed by atoms with Crippen molar-refractivity contribution in [3.63, 3.8) is 0 Å². The van der Waals surface area contributed by atoms with E-state index in [0.29, 0.717) is 33.5 Å². The fraction of sp³-hybridized carbons (Fsp3) is 0.324. The molecule has 0 bridgehead atoms. The summed E-state index contributed by atoms with van der Waals surface area (Å²) in [4.78, 5) is 31.0. The quantitative estimate of drug-likeness (QED) is 0.156. The normalized spacial score (nSPS) is 12.5. The molecule has 0 radical (unpaired) electrons. The number of carbonyl (C=O) groups is 2. The van der Waals surface area contributed by atoms with Gasteiger partial charge in [-0.05, 0) is 67.3 Å². The van der Waals surface area contributed by atoms with Gasteiger partial charge in [-0.1, -0.05) is 57.2 Å². The van der Waals surface area contributed by atoms with Crippen LogP contribution in [0.2, 0.25) is 0 Å². The molecule has 46 heavy (non-hydrogen) atoms. The Morgan fingerprint density at radius 2 is 1.59 bits per heavy atom. The molecule has 0 fully saturated rings. The Morgan fingerprint density at radius 3 is 2.24 bits per heavy atom. The van der Waals surface area contributed by atoms with E-state index in [4.69, 9.17) is 4.74 Å². The average molecular weight is 631 g/mol. The van der Waals surface area contributed by atoms with Gasteiger partial charge < -0.3 is 14.4 Å². The summed E-state index contributed by atoms with van der Waals surface area (Å²) in [7, 11) is 0. The minimum atomic E-state index is -4.47. The highest BCUT2D eigenvalue weighted by Crippen LogP contribution is 2.37. The average Bonchev–Trinajstić information content (AvgIpc) is 3.26. The van der Waals surface area contributed by atoms with Crippen molar-refractivity contribution in [3.8, 4) is 5.75 Å². The standard InChI is InChI=1S/C37H37F3N2O4/c1-35(2,3)20-32(43)33-28-18-27(46-22-26-15-12-24-8-6-7-9-29(24)41-26)16-17-30(28)42(31(33)19-36(4,5)34(44)45)21-23-10-13-25(14-11-23)37(38,39)40/h6-18H,19-22H2,1-5H3,(H,44,45). The highest BCUT2D eigenvalue weighted by atomic mass is 19.4. The zero-order chi connectivity index (χ0) is 33.4. The van der Waals surface area contributed by atoms with E-state index in [9.17, 15) is 27.9 Å². The molecule has 0 amide bonds. The predicted octanol–water partition coefficient (Wildman–Crippen LogP) is 9.11. The Labute approximate surface area is 265 Å².